The smallest absolute Gasteiger partial charge is 0.273 e. The van der Waals surface area contributed by atoms with Crippen molar-refractivity contribution >= 4 is 11.8 Å². The third kappa shape index (κ3) is 3.33. The number of carbonyl (C=O) groups is 2. The number of aliphatic hydroxyl groups is 1. The summed E-state index contributed by atoms with van der Waals surface area (Å²) in [6.07, 6.45) is 1.53. The minimum Gasteiger partial charge on any atom is -0.396 e. The molecule has 174 valence electrons. The second kappa shape index (κ2) is 8.53. The minimum atomic E-state index is -0.845. The molecule has 0 bridgehead atoms. The van der Waals surface area contributed by atoms with Crippen LogP contribution in [-0.4, -0.2) is 63.0 Å². The molecule has 0 aliphatic carbocycles. The number of likely N-dealkylation sites (N-methyl/N-ethyl adjacent to an activating group) is 1. The molecule has 1 N–H and O–H groups in total. The van der Waals surface area contributed by atoms with Gasteiger partial charge < -0.3 is 19.5 Å². The fourth-order valence-electron chi connectivity index (χ4n) is 5.41. The van der Waals surface area contributed by atoms with E-state index in [1.165, 1.54) is 16.0 Å². The Labute approximate surface area is 197 Å². The maximum atomic E-state index is 13.7. The summed E-state index contributed by atoms with van der Waals surface area (Å²) >= 11 is 0. The number of fused-ring (bicyclic) bond motifs is 3. The Morgan fingerprint density at radius 2 is 1.79 bits per heavy atom. The number of rotatable bonds is 4. The van der Waals surface area contributed by atoms with Crippen molar-refractivity contribution in [2.45, 2.75) is 18.6 Å². The van der Waals surface area contributed by atoms with Crippen molar-refractivity contribution < 1.29 is 14.7 Å². The maximum absolute atomic E-state index is 13.7. The molecule has 4 atom stereocenters. The van der Waals surface area contributed by atoms with Crippen LogP contribution in [0.1, 0.15) is 22.2 Å². The lowest BCUT2D eigenvalue weighted by molar-refractivity contribution is -0.134. The van der Waals surface area contributed by atoms with Gasteiger partial charge in [-0.05, 0) is 29.8 Å². The number of pyridine rings is 2. The topological polar surface area (TPSA) is 95.7 Å². The van der Waals surface area contributed by atoms with Gasteiger partial charge in [-0.25, -0.2) is 0 Å². The van der Waals surface area contributed by atoms with Crippen LogP contribution < -0.4 is 5.56 Å². The number of hydrogen-bond donors (Lipinski definition) is 1. The van der Waals surface area contributed by atoms with E-state index in [1.54, 1.807) is 42.9 Å². The largest absolute Gasteiger partial charge is 0.396 e. The fourth-order valence-corrected chi connectivity index (χ4v) is 5.41. The number of amides is 2. The Morgan fingerprint density at radius 1 is 1.06 bits per heavy atom. The SMILES string of the molecule is CN(C)C(=O)[C@@H]1[C@@H](CO)[C@@H]2Cn3c(ccc(-c4ccccc4)c3=O)[C@@H]2N1C(=O)c1ccccn1. The van der Waals surface area contributed by atoms with Crippen molar-refractivity contribution in [1.82, 2.24) is 19.4 Å². The zero-order valence-corrected chi connectivity index (χ0v) is 19.0. The molecule has 2 aliphatic rings. The van der Waals surface area contributed by atoms with Crippen LogP contribution in [0.2, 0.25) is 0 Å². The number of nitrogens with zero attached hydrogens (tertiary/aromatic N) is 4. The molecule has 1 fully saturated rings. The molecule has 2 aromatic heterocycles. The highest BCUT2D eigenvalue weighted by molar-refractivity contribution is 5.97. The summed E-state index contributed by atoms with van der Waals surface area (Å²) in [7, 11) is 3.28. The normalized spacial score (nSPS) is 22.9. The fraction of sp³-hybridized carbons (Fsp3) is 0.308. The third-order valence-electron chi connectivity index (χ3n) is 6.97. The van der Waals surface area contributed by atoms with Gasteiger partial charge in [-0.15, -0.1) is 0 Å². The Hall–Kier alpha value is -3.78. The molecule has 1 aromatic carbocycles. The standard InChI is InChI=1S/C26H26N4O4/c1-28(2)26(34)23-19(15-31)18-14-29-21(12-11-17(24(29)32)16-8-4-3-5-9-16)22(18)30(23)25(33)20-10-6-7-13-27-20/h3-13,18-19,22-23,31H,14-15H2,1-2H3/t18-,19-,22+,23-/m0/s1. The highest BCUT2D eigenvalue weighted by atomic mass is 16.3. The maximum Gasteiger partial charge on any atom is 0.273 e. The van der Waals surface area contributed by atoms with Crippen molar-refractivity contribution in [2.24, 2.45) is 11.8 Å². The number of carbonyl (C=O) groups excluding carboxylic acids is 2. The van der Waals surface area contributed by atoms with E-state index >= 15 is 0 Å². The van der Waals surface area contributed by atoms with Crippen molar-refractivity contribution in [2.75, 3.05) is 20.7 Å². The molecule has 2 amide bonds. The highest BCUT2D eigenvalue weighted by Gasteiger charge is 2.57. The summed E-state index contributed by atoms with van der Waals surface area (Å²) in [5.41, 5.74) is 2.15. The zero-order valence-electron chi connectivity index (χ0n) is 19.0. The molecule has 0 radical (unpaired) electrons. The number of benzene rings is 1. The average Bonchev–Trinajstić information content (AvgIpc) is 3.39. The molecular formula is C26H26N4O4. The molecule has 0 saturated carbocycles. The van der Waals surface area contributed by atoms with E-state index in [9.17, 15) is 19.5 Å². The first kappa shape index (κ1) is 22.0. The van der Waals surface area contributed by atoms with Crippen molar-refractivity contribution in [3.8, 4) is 11.1 Å². The van der Waals surface area contributed by atoms with Crippen molar-refractivity contribution in [3.63, 3.8) is 0 Å². The van der Waals surface area contributed by atoms with Crippen LogP contribution in [0.5, 0.6) is 0 Å². The number of aliphatic hydroxyl groups excluding tert-OH is 1. The van der Waals surface area contributed by atoms with Gasteiger partial charge in [0.15, 0.2) is 0 Å². The van der Waals surface area contributed by atoms with Gasteiger partial charge in [-0.1, -0.05) is 36.4 Å². The first-order valence-electron chi connectivity index (χ1n) is 11.3. The predicted octanol–water partition coefficient (Wildman–Crippen LogP) is 1.80. The average molecular weight is 459 g/mol. The molecule has 3 aromatic rings. The van der Waals surface area contributed by atoms with Crippen molar-refractivity contribution in [3.05, 3.63) is 88.6 Å². The summed E-state index contributed by atoms with van der Waals surface area (Å²) in [6.45, 7) is 0.0552. The number of hydrogen-bond acceptors (Lipinski definition) is 5. The lowest BCUT2D eigenvalue weighted by Crippen LogP contribution is -2.50. The van der Waals surface area contributed by atoms with Crippen LogP contribution in [0, 0.1) is 11.8 Å². The van der Waals surface area contributed by atoms with E-state index in [4.69, 9.17) is 0 Å². The van der Waals surface area contributed by atoms with Crippen LogP contribution in [0.25, 0.3) is 11.1 Å². The van der Waals surface area contributed by atoms with E-state index in [2.05, 4.69) is 4.98 Å². The van der Waals surface area contributed by atoms with Crippen molar-refractivity contribution in [1.29, 1.82) is 0 Å². The molecule has 8 nitrogen and oxygen atoms in total. The van der Waals surface area contributed by atoms with E-state index in [0.717, 1.165) is 5.56 Å². The van der Waals surface area contributed by atoms with Crippen LogP contribution in [0.3, 0.4) is 0 Å². The first-order chi connectivity index (χ1) is 16.4. The quantitative estimate of drug-likeness (QED) is 0.643. The molecule has 8 heteroatoms. The summed E-state index contributed by atoms with van der Waals surface area (Å²) in [5, 5.41) is 10.4. The van der Waals surface area contributed by atoms with Gasteiger partial charge in [-0.3, -0.25) is 19.4 Å². The Bertz CT molecular complexity index is 1290. The summed E-state index contributed by atoms with van der Waals surface area (Å²) < 4.78 is 1.69. The summed E-state index contributed by atoms with van der Waals surface area (Å²) in [4.78, 5) is 47.6. The molecule has 4 heterocycles. The minimum absolute atomic E-state index is 0.143. The molecule has 0 unspecified atom stereocenters. The third-order valence-corrected chi connectivity index (χ3v) is 6.97. The predicted molar refractivity (Wildman–Crippen MR) is 126 cm³/mol. The zero-order chi connectivity index (χ0) is 24.0. The van der Waals surface area contributed by atoms with Crippen LogP contribution in [0.15, 0.2) is 71.7 Å². The Morgan fingerprint density at radius 3 is 2.44 bits per heavy atom. The van der Waals surface area contributed by atoms with Crippen LogP contribution in [-0.2, 0) is 11.3 Å². The van der Waals surface area contributed by atoms with Gasteiger partial charge in [0.05, 0.1) is 6.04 Å². The van der Waals surface area contributed by atoms with Gasteiger partial charge >= 0.3 is 0 Å². The second-order valence-electron chi connectivity index (χ2n) is 9.01. The molecule has 5 rings (SSSR count). The Kier molecular flexibility index (Phi) is 5.53. The number of likely N-dealkylation sites (tertiary alicyclic amines) is 1. The van der Waals surface area contributed by atoms with E-state index in [1.807, 2.05) is 36.4 Å². The highest BCUT2D eigenvalue weighted by Crippen LogP contribution is 2.50. The Balaban J connectivity index is 1.65. The monoisotopic (exact) mass is 458 g/mol. The van der Waals surface area contributed by atoms with E-state index in [-0.39, 0.29) is 35.6 Å². The van der Waals surface area contributed by atoms with Gasteiger partial charge in [-0.2, -0.15) is 0 Å². The van der Waals surface area contributed by atoms with Gasteiger partial charge in [0.1, 0.15) is 11.7 Å². The first-order valence-corrected chi connectivity index (χ1v) is 11.3. The van der Waals surface area contributed by atoms with Crippen LogP contribution >= 0.6 is 0 Å². The summed E-state index contributed by atoms with van der Waals surface area (Å²) in [5.74, 6) is -1.43. The van der Waals surface area contributed by atoms with E-state index < -0.39 is 18.0 Å². The summed E-state index contributed by atoms with van der Waals surface area (Å²) in [6, 6.07) is 16.8. The lowest BCUT2D eigenvalue weighted by atomic mass is 9.88. The van der Waals surface area contributed by atoms with E-state index in [0.29, 0.717) is 17.8 Å². The second-order valence-corrected chi connectivity index (χ2v) is 9.01. The van der Waals surface area contributed by atoms with Gasteiger partial charge in [0.25, 0.3) is 11.5 Å². The molecule has 34 heavy (non-hydrogen) atoms. The molecular weight excluding hydrogens is 432 g/mol. The molecule has 1 saturated heterocycles. The van der Waals surface area contributed by atoms with Crippen LogP contribution in [0.4, 0.5) is 0 Å². The molecule has 0 spiro atoms. The number of aromatic nitrogens is 2. The lowest BCUT2D eigenvalue weighted by Gasteiger charge is -2.32. The van der Waals surface area contributed by atoms with Gasteiger partial charge in [0.2, 0.25) is 5.91 Å². The molecule has 2 aliphatic heterocycles. The van der Waals surface area contributed by atoms with Gasteiger partial charge in [0, 0.05) is 56.5 Å².